The number of hydrogen-bond acceptors (Lipinski definition) is 4. The molecule has 6 nitrogen and oxygen atoms in total. The molecule has 3 fully saturated rings. The highest BCUT2D eigenvalue weighted by atomic mass is 32.2. The fourth-order valence-electron chi connectivity index (χ4n) is 10.6. The summed E-state index contributed by atoms with van der Waals surface area (Å²) in [6.45, 7) is 12.4. The lowest BCUT2D eigenvalue weighted by atomic mass is 9.47. The molecular formula is C38H53NO5S. The minimum Gasteiger partial charge on any atom is -0.446 e. The van der Waals surface area contributed by atoms with Gasteiger partial charge in [-0.25, -0.2) is 4.79 Å². The standard InChI is InChI=1S/C38H53NO5S/c1-24(2)9-8-10-25(3)31-15-16-32-30-14-13-26-23-27(19-21-37(26,4)33(30)20-22-38(31,32)5)44-36(40)39-34-17-18-35(45(41,42)43)29-12-7-6-11-28(29)34/h6-7,11-13,17-18,24-25,27,30-33H,8-10,14-16,19-23H2,1-5H3,(H,39,40)(H,41,42,43). The number of amides is 1. The largest absolute Gasteiger partial charge is 0.446 e. The molecule has 0 aromatic heterocycles. The average Bonchev–Trinajstić information content (AvgIpc) is 3.34. The molecule has 0 saturated heterocycles. The Kier molecular flexibility index (Phi) is 8.92. The van der Waals surface area contributed by atoms with Crippen molar-refractivity contribution in [2.75, 3.05) is 5.32 Å². The minimum absolute atomic E-state index is 0.180. The van der Waals surface area contributed by atoms with Crippen molar-refractivity contribution in [3.05, 3.63) is 48.0 Å². The number of benzene rings is 2. The molecule has 2 aromatic rings. The van der Waals surface area contributed by atoms with Gasteiger partial charge in [0.05, 0.1) is 5.69 Å². The summed E-state index contributed by atoms with van der Waals surface area (Å²) in [4.78, 5) is 12.9. The zero-order valence-corrected chi connectivity index (χ0v) is 28.7. The summed E-state index contributed by atoms with van der Waals surface area (Å²) in [6, 6.07) is 9.64. The number of rotatable bonds is 8. The zero-order chi connectivity index (χ0) is 32.1. The number of allylic oxidation sites excluding steroid dienone is 1. The first-order chi connectivity index (χ1) is 21.3. The number of nitrogens with one attached hydrogen (secondary N) is 1. The predicted octanol–water partition coefficient (Wildman–Crippen LogP) is 10.0. The number of anilines is 1. The van der Waals surface area contributed by atoms with Gasteiger partial charge < -0.3 is 4.74 Å². The Hall–Kier alpha value is -2.38. The van der Waals surface area contributed by atoms with Crippen molar-refractivity contribution in [2.45, 2.75) is 116 Å². The Morgan fingerprint density at radius 2 is 1.73 bits per heavy atom. The third kappa shape index (κ3) is 6.08. The van der Waals surface area contributed by atoms with E-state index in [1.807, 2.05) is 0 Å². The van der Waals surface area contributed by atoms with Crippen molar-refractivity contribution < 1.29 is 22.5 Å². The summed E-state index contributed by atoms with van der Waals surface area (Å²) in [5, 5.41) is 3.73. The van der Waals surface area contributed by atoms with E-state index in [4.69, 9.17) is 4.74 Å². The lowest BCUT2D eigenvalue weighted by molar-refractivity contribution is -0.0577. The lowest BCUT2D eigenvalue weighted by Crippen LogP contribution is -2.51. The molecule has 0 radical (unpaired) electrons. The summed E-state index contributed by atoms with van der Waals surface area (Å²) >= 11 is 0. The van der Waals surface area contributed by atoms with Crippen molar-refractivity contribution in [2.24, 2.45) is 46.3 Å². The second kappa shape index (κ2) is 12.3. The van der Waals surface area contributed by atoms with E-state index in [9.17, 15) is 17.8 Å². The van der Waals surface area contributed by atoms with Crippen LogP contribution in [0.3, 0.4) is 0 Å². The first-order valence-corrected chi connectivity index (χ1v) is 18.9. The van der Waals surface area contributed by atoms with Crippen LogP contribution >= 0.6 is 0 Å². The van der Waals surface area contributed by atoms with Crippen LogP contribution in [0.15, 0.2) is 52.9 Å². The van der Waals surface area contributed by atoms with Crippen molar-refractivity contribution in [1.82, 2.24) is 0 Å². The third-order valence-electron chi connectivity index (χ3n) is 12.9. The van der Waals surface area contributed by atoms with Crippen LogP contribution in [0, 0.1) is 46.3 Å². The van der Waals surface area contributed by atoms with E-state index in [1.165, 1.54) is 62.7 Å². The highest BCUT2D eigenvalue weighted by Gasteiger charge is 2.59. The van der Waals surface area contributed by atoms with Crippen LogP contribution in [-0.2, 0) is 14.9 Å². The summed E-state index contributed by atoms with van der Waals surface area (Å²) in [5.74, 6) is 4.78. The van der Waals surface area contributed by atoms with E-state index in [2.05, 4.69) is 46.0 Å². The van der Waals surface area contributed by atoms with Crippen LogP contribution < -0.4 is 5.32 Å². The Balaban J connectivity index is 1.11. The van der Waals surface area contributed by atoms with Gasteiger partial charge in [0.1, 0.15) is 11.0 Å². The molecule has 1 amide bonds. The smallest absolute Gasteiger partial charge is 0.411 e. The molecule has 0 spiro atoms. The quantitative estimate of drug-likeness (QED) is 0.222. The normalized spacial score (nSPS) is 33.6. The number of ether oxygens (including phenoxy) is 1. The molecule has 3 saturated carbocycles. The van der Waals surface area contributed by atoms with Crippen molar-refractivity contribution >= 4 is 32.7 Å². The van der Waals surface area contributed by atoms with E-state index in [0.717, 1.165) is 55.3 Å². The van der Waals surface area contributed by atoms with Crippen LogP contribution in [0.1, 0.15) is 105 Å². The highest BCUT2D eigenvalue weighted by Crippen LogP contribution is 2.67. The van der Waals surface area contributed by atoms with Gasteiger partial charge in [0.15, 0.2) is 0 Å². The molecule has 2 N–H and O–H groups in total. The number of fused-ring (bicyclic) bond motifs is 6. The first kappa shape index (κ1) is 32.6. The van der Waals surface area contributed by atoms with Crippen LogP contribution in [0.4, 0.5) is 10.5 Å². The van der Waals surface area contributed by atoms with Crippen molar-refractivity contribution in [3.63, 3.8) is 0 Å². The van der Waals surface area contributed by atoms with Gasteiger partial charge in [0, 0.05) is 17.2 Å². The van der Waals surface area contributed by atoms with Crippen LogP contribution in [0.25, 0.3) is 10.8 Å². The van der Waals surface area contributed by atoms with Gasteiger partial charge >= 0.3 is 6.09 Å². The predicted molar refractivity (Wildman–Crippen MR) is 181 cm³/mol. The SMILES string of the molecule is CC(C)CCCC(C)C1CCC2C3CC=C4CC(OC(=O)Nc5ccc(S(=O)(=O)O)c6ccccc56)CCC4(C)C3CCC12C. The van der Waals surface area contributed by atoms with E-state index in [0.29, 0.717) is 27.8 Å². The van der Waals surface area contributed by atoms with Gasteiger partial charge in [-0.05, 0) is 103 Å². The Morgan fingerprint density at radius 1 is 0.978 bits per heavy atom. The summed E-state index contributed by atoms with van der Waals surface area (Å²) in [6.07, 6.45) is 15.2. The van der Waals surface area contributed by atoms with Crippen LogP contribution in [0.5, 0.6) is 0 Å². The minimum atomic E-state index is -4.39. The van der Waals surface area contributed by atoms with Gasteiger partial charge in [-0.15, -0.1) is 0 Å². The molecule has 2 aromatic carbocycles. The number of hydrogen-bond donors (Lipinski definition) is 2. The Labute approximate surface area is 270 Å². The zero-order valence-electron chi connectivity index (χ0n) is 27.8. The molecule has 0 aliphatic heterocycles. The first-order valence-electron chi connectivity index (χ1n) is 17.5. The van der Waals surface area contributed by atoms with Crippen LogP contribution in [-0.4, -0.2) is 25.2 Å². The maximum absolute atomic E-state index is 13.1. The maximum Gasteiger partial charge on any atom is 0.411 e. The second-order valence-corrected chi connectivity index (χ2v) is 17.2. The fraction of sp³-hybridized carbons (Fsp3) is 0.658. The molecule has 7 heteroatoms. The maximum atomic E-state index is 13.1. The van der Waals surface area contributed by atoms with Crippen molar-refractivity contribution in [1.29, 1.82) is 0 Å². The molecule has 246 valence electrons. The average molecular weight is 636 g/mol. The highest BCUT2D eigenvalue weighted by molar-refractivity contribution is 7.86. The summed E-state index contributed by atoms with van der Waals surface area (Å²) in [5.41, 5.74) is 2.60. The van der Waals surface area contributed by atoms with Gasteiger partial charge in [0.25, 0.3) is 10.1 Å². The van der Waals surface area contributed by atoms with Crippen molar-refractivity contribution in [3.8, 4) is 0 Å². The molecule has 0 heterocycles. The molecule has 0 bridgehead atoms. The Morgan fingerprint density at radius 3 is 2.47 bits per heavy atom. The van der Waals surface area contributed by atoms with Gasteiger partial charge in [-0.1, -0.05) is 89.8 Å². The molecular weight excluding hydrogens is 582 g/mol. The van der Waals surface area contributed by atoms with E-state index in [-0.39, 0.29) is 16.4 Å². The third-order valence-corrected chi connectivity index (χ3v) is 13.8. The van der Waals surface area contributed by atoms with E-state index < -0.39 is 16.2 Å². The van der Waals surface area contributed by atoms with E-state index in [1.54, 1.807) is 24.3 Å². The molecule has 4 aliphatic rings. The van der Waals surface area contributed by atoms with Gasteiger partial charge in [-0.3, -0.25) is 9.87 Å². The second-order valence-electron chi connectivity index (χ2n) is 15.8. The topological polar surface area (TPSA) is 92.7 Å². The molecule has 6 rings (SSSR count). The lowest BCUT2D eigenvalue weighted by Gasteiger charge is -2.58. The fourth-order valence-corrected chi connectivity index (χ4v) is 11.3. The van der Waals surface area contributed by atoms with Gasteiger partial charge in [-0.2, -0.15) is 8.42 Å². The van der Waals surface area contributed by atoms with E-state index >= 15 is 0 Å². The number of carbonyl (C=O) groups is 1. The monoisotopic (exact) mass is 635 g/mol. The van der Waals surface area contributed by atoms with Crippen LogP contribution in [0.2, 0.25) is 0 Å². The molecule has 8 atom stereocenters. The summed E-state index contributed by atoms with van der Waals surface area (Å²) < 4.78 is 39.4. The Bertz CT molecular complexity index is 1570. The molecule has 45 heavy (non-hydrogen) atoms. The molecule has 4 aliphatic carbocycles. The molecule has 8 unspecified atom stereocenters. The summed E-state index contributed by atoms with van der Waals surface area (Å²) in [7, 11) is -4.39. The van der Waals surface area contributed by atoms with Gasteiger partial charge in [0.2, 0.25) is 0 Å². The number of carbonyl (C=O) groups excluding carboxylic acids is 1.